The SMILES string of the molecule is CCC(CC)(CN)NS(=O)(=O)Cc1ccc(F)c(Cl)c1.Cl. The number of sulfonamides is 1. The third-order valence-electron chi connectivity index (χ3n) is 3.46. The molecule has 0 aliphatic carbocycles. The molecule has 0 unspecified atom stereocenters. The van der Waals surface area contributed by atoms with E-state index in [9.17, 15) is 12.8 Å². The zero-order valence-electron chi connectivity index (χ0n) is 12.0. The molecule has 0 bridgehead atoms. The van der Waals surface area contributed by atoms with Crippen LogP contribution in [0.1, 0.15) is 32.3 Å². The number of benzene rings is 1. The number of halogens is 3. The van der Waals surface area contributed by atoms with Gasteiger partial charge in [-0.2, -0.15) is 0 Å². The topological polar surface area (TPSA) is 72.2 Å². The maximum atomic E-state index is 13.1. The lowest BCUT2D eigenvalue weighted by Crippen LogP contribution is -2.53. The second kappa shape index (κ2) is 8.29. The second-order valence-corrected chi connectivity index (χ2v) is 6.93. The highest BCUT2D eigenvalue weighted by molar-refractivity contribution is 7.88. The van der Waals surface area contributed by atoms with E-state index in [1.807, 2.05) is 13.8 Å². The Hall–Kier alpha value is -0.400. The van der Waals surface area contributed by atoms with Crippen LogP contribution in [0.15, 0.2) is 18.2 Å². The highest BCUT2D eigenvalue weighted by atomic mass is 35.5. The van der Waals surface area contributed by atoms with Crippen LogP contribution in [0.2, 0.25) is 5.02 Å². The summed E-state index contributed by atoms with van der Waals surface area (Å²) in [7, 11) is -3.57. The number of hydrogen-bond acceptors (Lipinski definition) is 3. The van der Waals surface area contributed by atoms with Gasteiger partial charge in [-0.15, -0.1) is 12.4 Å². The van der Waals surface area contributed by atoms with Gasteiger partial charge in [-0.1, -0.05) is 31.5 Å². The zero-order valence-corrected chi connectivity index (χ0v) is 14.4. The fraction of sp³-hybridized carbons (Fsp3) is 0.538. The van der Waals surface area contributed by atoms with Crippen LogP contribution >= 0.6 is 24.0 Å². The lowest BCUT2D eigenvalue weighted by Gasteiger charge is -2.31. The smallest absolute Gasteiger partial charge is 0.216 e. The Labute approximate surface area is 136 Å². The van der Waals surface area contributed by atoms with E-state index in [4.69, 9.17) is 17.3 Å². The Bertz CT molecular complexity index is 555. The van der Waals surface area contributed by atoms with Crippen LogP contribution in [0, 0.1) is 5.82 Å². The van der Waals surface area contributed by atoms with Gasteiger partial charge in [0.15, 0.2) is 0 Å². The third-order valence-corrected chi connectivity index (χ3v) is 5.20. The molecule has 1 rings (SSSR count). The first-order chi connectivity index (χ1) is 9.27. The maximum absolute atomic E-state index is 13.1. The molecule has 0 aliphatic rings. The molecule has 0 heterocycles. The summed E-state index contributed by atoms with van der Waals surface area (Å²) in [6.07, 6.45) is 1.20. The van der Waals surface area contributed by atoms with Gasteiger partial charge in [0.2, 0.25) is 10.0 Å². The summed E-state index contributed by atoms with van der Waals surface area (Å²) in [5.41, 5.74) is 5.47. The summed E-state index contributed by atoms with van der Waals surface area (Å²) in [5.74, 6) is -0.825. The lowest BCUT2D eigenvalue weighted by molar-refractivity contribution is 0.363. The molecule has 122 valence electrons. The van der Waals surface area contributed by atoms with E-state index in [0.29, 0.717) is 18.4 Å². The van der Waals surface area contributed by atoms with Gasteiger partial charge in [-0.25, -0.2) is 17.5 Å². The van der Waals surface area contributed by atoms with E-state index >= 15 is 0 Å². The first-order valence-electron chi connectivity index (χ1n) is 6.43. The molecule has 4 nitrogen and oxygen atoms in total. The van der Waals surface area contributed by atoms with Gasteiger partial charge in [-0.3, -0.25) is 0 Å². The molecule has 1 aromatic carbocycles. The minimum atomic E-state index is -3.57. The monoisotopic (exact) mass is 358 g/mol. The zero-order chi connectivity index (χ0) is 15.4. The van der Waals surface area contributed by atoms with Crippen molar-refractivity contribution < 1.29 is 12.8 Å². The Balaban J connectivity index is 0.00000400. The van der Waals surface area contributed by atoms with Crippen LogP contribution in [0.25, 0.3) is 0 Å². The maximum Gasteiger partial charge on any atom is 0.216 e. The first-order valence-corrected chi connectivity index (χ1v) is 8.46. The van der Waals surface area contributed by atoms with E-state index in [1.54, 1.807) is 0 Å². The van der Waals surface area contributed by atoms with Crippen LogP contribution in [-0.2, 0) is 15.8 Å². The van der Waals surface area contributed by atoms with Gasteiger partial charge < -0.3 is 5.73 Å². The quantitative estimate of drug-likeness (QED) is 0.786. The molecule has 0 amide bonds. The summed E-state index contributed by atoms with van der Waals surface area (Å²) < 4.78 is 40.1. The fourth-order valence-corrected chi connectivity index (χ4v) is 3.86. The van der Waals surface area contributed by atoms with Gasteiger partial charge in [0.1, 0.15) is 5.82 Å². The molecule has 0 atom stereocenters. The number of rotatable bonds is 7. The molecule has 0 spiro atoms. The van der Waals surface area contributed by atoms with Gasteiger partial charge in [0, 0.05) is 12.1 Å². The molecule has 8 heteroatoms. The average Bonchev–Trinajstić information content (AvgIpc) is 2.40. The number of nitrogens with two attached hydrogens (primary N) is 1. The summed E-state index contributed by atoms with van der Waals surface area (Å²) in [4.78, 5) is 0. The Morgan fingerprint density at radius 2 is 1.90 bits per heavy atom. The Kier molecular flexibility index (Phi) is 8.13. The summed E-state index contributed by atoms with van der Waals surface area (Å²) >= 11 is 5.65. The molecular weight excluding hydrogens is 338 g/mol. The van der Waals surface area contributed by atoms with Crippen molar-refractivity contribution in [2.45, 2.75) is 38.0 Å². The lowest BCUT2D eigenvalue weighted by atomic mass is 9.95. The highest BCUT2D eigenvalue weighted by Crippen LogP contribution is 2.20. The van der Waals surface area contributed by atoms with Crippen molar-refractivity contribution in [3.8, 4) is 0 Å². The molecule has 0 radical (unpaired) electrons. The van der Waals surface area contributed by atoms with Crippen molar-refractivity contribution in [1.82, 2.24) is 4.72 Å². The Morgan fingerprint density at radius 1 is 1.33 bits per heavy atom. The molecule has 1 aromatic rings. The van der Waals surface area contributed by atoms with Crippen molar-refractivity contribution >= 4 is 34.0 Å². The van der Waals surface area contributed by atoms with E-state index < -0.39 is 21.4 Å². The molecule has 0 aromatic heterocycles. The van der Waals surface area contributed by atoms with Crippen LogP contribution in [0.5, 0.6) is 0 Å². The minimum absolute atomic E-state index is 0. The van der Waals surface area contributed by atoms with Gasteiger partial charge in [-0.05, 0) is 30.5 Å². The average molecular weight is 359 g/mol. The van der Waals surface area contributed by atoms with Crippen molar-refractivity contribution in [3.63, 3.8) is 0 Å². The van der Waals surface area contributed by atoms with E-state index in [2.05, 4.69) is 4.72 Å². The Morgan fingerprint density at radius 3 is 2.33 bits per heavy atom. The molecule has 3 N–H and O–H groups in total. The van der Waals surface area contributed by atoms with E-state index in [1.165, 1.54) is 12.1 Å². The van der Waals surface area contributed by atoms with Crippen LogP contribution < -0.4 is 10.5 Å². The number of hydrogen-bond donors (Lipinski definition) is 2. The standard InChI is InChI=1S/C13H20ClFN2O2S.ClH/c1-3-13(4-2,9-16)17-20(18,19)8-10-5-6-12(15)11(14)7-10;/h5-7,17H,3-4,8-9,16H2,1-2H3;1H. The predicted molar refractivity (Wildman–Crippen MR) is 86.8 cm³/mol. The highest BCUT2D eigenvalue weighted by Gasteiger charge is 2.29. The van der Waals surface area contributed by atoms with E-state index in [0.717, 1.165) is 6.07 Å². The van der Waals surface area contributed by atoms with Gasteiger partial charge >= 0.3 is 0 Å². The molecule has 21 heavy (non-hydrogen) atoms. The van der Waals surface area contributed by atoms with Crippen molar-refractivity contribution in [3.05, 3.63) is 34.6 Å². The molecule has 0 saturated carbocycles. The molecule has 0 fully saturated rings. The summed E-state index contributed by atoms with van der Waals surface area (Å²) in [6.45, 7) is 3.99. The second-order valence-electron chi connectivity index (χ2n) is 4.80. The van der Waals surface area contributed by atoms with E-state index in [-0.39, 0.29) is 29.7 Å². The van der Waals surface area contributed by atoms with Crippen molar-refractivity contribution in [1.29, 1.82) is 0 Å². The molecular formula is C13H21Cl2FN2O2S. The largest absolute Gasteiger partial charge is 0.329 e. The minimum Gasteiger partial charge on any atom is -0.329 e. The van der Waals surface area contributed by atoms with Gasteiger partial charge in [0.25, 0.3) is 0 Å². The van der Waals surface area contributed by atoms with Gasteiger partial charge in [0.05, 0.1) is 10.8 Å². The van der Waals surface area contributed by atoms with Crippen molar-refractivity contribution in [2.75, 3.05) is 6.54 Å². The third kappa shape index (κ3) is 5.71. The molecule has 0 aliphatic heterocycles. The summed E-state index contributed by atoms with van der Waals surface area (Å²) in [5, 5.41) is -0.0891. The summed E-state index contributed by atoms with van der Waals surface area (Å²) in [6, 6.07) is 3.88. The van der Waals surface area contributed by atoms with Crippen LogP contribution in [0.4, 0.5) is 4.39 Å². The predicted octanol–water partition coefficient (Wildman–Crippen LogP) is 2.84. The first kappa shape index (κ1) is 20.6. The van der Waals surface area contributed by atoms with Crippen LogP contribution in [-0.4, -0.2) is 20.5 Å². The molecule has 0 saturated heterocycles. The number of nitrogens with one attached hydrogen (secondary N) is 1. The normalized spacial score (nSPS) is 12.0. The fourth-order valence-electron chi connectivity index (χ4n) is 1.94. The van der Waals surface area contributed by atoms with Crippen LogP contribution in [0.3, 0.4) is 0 Å². The van der Waals surface area contributed by atoms with Crippen molar-refractivity contribution in [2.24, 2.45) is 5.73 Å².